The van der Waals surface area contributed by atoms with Gasteiger partial charge in [0.2, 0.25) is 5.79 Å². The van der Waals surface area contributed by atoms with Gasteiger partial charge in [-0.2, -0.15) is 0 Å². The molecule has 1 aliphatic carbocycles. The summed E-state index contributed by atoms with van der Waals surface area (Å²) in [6.45, 7) is 6.90. The van der Waals surface area contributed by atoms with Crippen LogP contribution in [0.4, 0.5) is 0 Å². The van der Waals surface area contributed by atoms with Crippen LogP contribution in [0.25, 0.3) is 0 Å². The molecule has 5 atom stereocenters. The van der Waals surface area contributed by atoms with E-state index in [-0.39, 0.29) is 6.29 Å². The van der Waals surface area contributed by atoms with E-state index >= 15 is 0 Å². The molecule has 0 unspecified atom stereocenters. The Morgan fingerprint density at radius 3 is 2.91 bits per heavy atom. The lowest BCUT2D eigenvalue weighted by Gasteiger charge is -2.53. The number of rotatable bonds is 6. The van der Waals surface area contributed by atoms with Crippen molar-refractivity contribution in [3.8, 4) is 0 Å². The zero-order chi connectivity index (χ0) is 15.6. The Bertz CT molecular complexity index is 401. The Balaban J connectivity index is 1.80. The van der Waals surface area contributed by atoms with Crippen molar-refractivity contribution in [2.24, 2.45) is 11.8 Å². The lowest BCUT2D eigenvalue weighted by molar-refractivity contribution is -0.554. The highest BCUT2D eigenvalue weighted by molar-refractivity contribution is 5.03. The molecule has 4 fully saturated rings. The topological polar surface area (TPSA) is 46.2 Å². The quantitative estimate of drug-likeness (QED) is 0.428. The van der Waals surface area contributed by atoms with Crippen molar-refractivity contribution < 1.29 is 24.0 Å². The fraction of sp³-hybridized carbons (Fsp3) is 0.882. The number of ether oxygens (including phenoxy) is 3. The van der Waals surface area contributed by atoms with E-state index in [0.29, 0.717) is 25.0 Å². The summed E-state index contributed by atoms with van der Waals surface area (Å²) < 4.78 is 17.4. The molecule has 5 nitrogen and oxygen atoms in total. The Morgan fingerprint density at radius 1 is 1.27 bits per heavy atom. The zero-order valence-corrected chi connectivity index (χ0v) is 13.7. The summed E-state index contributed by atoms with van der Waals surface area (Å²) in [4.78, 5) is 11.7. The van der Waals surface area contributed by atoms with Crippen LogP contribution in [0.15, 0.2) is 12.7 Å². The van der Waals surface area contributed by atoms with Gasteiger partial charge in [-0.05, 0) is 44.4 Å². The SMILES string of the molecule is C=CCOCC[C@@H]1CCC[C@@H]2CC[C@]3(C)OO[C@]21[C@@H](OC)O3. The third kappa shape index (κ3) is 2.74. The lowest BCUT2D eigenvalue weighted by atomic mass is 9.65. The third-order valence-corrected chi connectivity index (χ3v) is 5.48. The predicted molar refractivity (Wildman–Crippen MR) is 80.9 cm³/mol. The maximum Gasteiger partial charge on any atom is 0.201 e. The molecule has 1 saturated carbocycles. The van der Waals surface area contributed by atoms with Crippen LogP contribution in [0, 0.1) is 11.8 Å². The summed E-state index contributed by atoms with van der Waals surface area (Å²) in [5.41, 5.74) is -0.499. The van der Waals surface area contributed by atoms with Crippen molar-refractivity contribution in [2.75, 3.05) is 20.3 Å². The first-order chi connectivity index (χ1) is 10.6. The fourth-order valence-corrected chi connectivity index (χ4v) is 4.36. The molecule has 3 aliphatic heterocycles. The smallest absolute Gasteiger partial charge is 0.201 e. The molecule has 3 saturated heterocycles. The lowest BCUT2D eigenvalue weighted by Crippen LogP contribution is -2.63. The third-order valence-electron chi connectivity index (χ3n) is 5.48. The van der Waals surface area contributed by atoms with Crippen molar-refractivity contribution in [2.45, 2.75) is 63.1 Å². The van der Waals surface area contributed by atoms with E-state index in [4.69, 9.17) is 24.0 Å². The monoisotopic (exact) mass is 312 g/mol. The van der Waals surface area contributed by atoms with Crippen LogP contribution in [0.2, 0.25) is 0 Å². The average molecular weight is 312 g/mol. The Morgan fingerprint density at radius 2 is 2.14 bits per heavy atom. The van der Waals surface area contributed by atoms with Gasteiger partial charge in [0.15, 0.2) is 11.9 Å². The molecule has 1 spiro atoms. The molecule has 0 aromatic rings. The molecule has 0 aromatic carbocycles. The van der Waals surface area contributed by atoms with E-state index in [0.717, 1.165) is 32.1 Å². The normalized spacial score (nSPS) is 44.4. The highest BCUT2D eigenvalue weighted by Gasteiger charge is 2.63. The van der Waals surface area contributed by atoms with E-state index in [2.05, 4.69) is 6.58 Å². The van der Waals surface area contributed by atoms with Crippen LogP contribution in [0.5, 0.6) is 0 Å². The molecule has 0 N–H and O–H groups in total. The molecule has 0 radical (unpaired) electrons. The molecule has 2 bridgehead atoms. The Kier molecular flexibility index (Phi) is 4.90. The summed E-state index contributed by atoms with van der Waals surface area (Å²) in [6, 6.07) is 0. The molecule has 5 heteroatoms. The Hall–Kier alpha value is -0.460. The molecule has 22 heavy (non-hydrogen) atoms. The molecule has 4 rings (SSSR count). The number of hydrogen-bond acceptors (Lipinski definition) is 5. The van der Waals surface area contributed by atoms with Crippen molar-refractivity contribution in [3.63, 3.8) is 0 Å². The predicted octanol–water partition coefficient (Wildman–Crippen LogP) is 3.20. The van der Waals surface area contributed by atoms with Gasteiger partial charge >= 0.3 is 0 Å². The number of hydrogen-bond donors (Lipinski definition) is 0. The summed E-state index contributed by atoms with van der Waals surface area (Å²) in [6.07, 6.45) is 7.69. The molecule has 3 heterocycles. The summed E-state index contributed by atoms with van der Waals surface area (Å²) in [7, 11) is 1.70. The van der Waals surface area contributed by atoms with Crippen molar-refractivity contribution >= 4 is 0 Å². The highest BCUT2D eigenvalue weighted by atomic mass is 17.3. The van der Waals surface area contributed by atoms with Gasteiger partial charge in [-0.25, -0.2) is 9.78 Å². The molecule has 0 amide bonds. The fourth-order valence-electron chi connectivity index (χ4n) is 4.36. The van der Waals surface area contributed by atoms with E-state index in [1.54, 1.807) is 13.2 Å². The number of methoxy groups -OCH3 is 1. The van der Waals surface area contributed by atoms with E-state index in [1.165, 1.54) is 6.42 Å². The van der Waals surface area contributed by atoms with E-state index < -0.39 is 11.4 Å². The minimum atomic E-state index is -0.687. The van der Waals surface area contributed by atoms with Crippen LogP contribution in [0.3, 0.4) is 0 Å². The van der Waals surface area contributed by atoms with Gasteiger partial charge in [-0.15, -0.1) is 6.58 Å². The van der Waals surface area contributed by atoms with Gasteiger partial charge in [0.05, 0.1) is 6.61 Å². The summed E-state index contributed by atoms with van der Waals surface area (Å²) >= 11 is 0. The van der Waals surface area contributed by atoms with Crippen molar-refractivity contribution in [3.05, 3.63) is 12.7 Å². The molecule has 4 aliphatic rings. The van der Waals surface area contributed by atoms with Crippen LogP contribution in [-0.2, 0) is 24.0 Å². The second-order valence-corrected chi connectivity index (χ2v) is 6.86. The zero-order valence-electron chi connectivity index (χ0n) is 13.7. The first kappa shape index (κ1) is 16.4. The minimum absolute atomic E-state index is 0.323. The van der Waals surface area contributed by atoms with Gasteiger partial charge in [-0.3, -0.25) is 0 Å². The van der Waals surface area contributed by atoms with Gasteiger partial charge in [0.1, 0.15) is 0 Å². The maximum atomic E-state index is 6.14. The minimum Gasteiger partial charge on any atom is -0.377 e. The van der Waals surface area contributed by atoms with Crippen LogP contribution < -0.4 is 0 Å². The summed E-state index contributed by atoms with van der Waals surface area (Å²) in [5.74, 6) is 0.0521. The van der Waals surface area contributed by atoms with Crippen LogP contribution in [-0.4, -0.2) is 38.0 Å². The second-order valence-electron chi connectivity index (χ2n) is 6.86. The highest BCUT2D eigenvalue weighted by Crippen LogP contribution is 2.55. The molecule has 126 valence electrons. The molecule has 0 aromatic heterocycles. The van der Waals surface area contributed by atoms with Crippen molar-refractivity contribution in [1.82, 2.24) is 0 Å². The second kappa shape index (κ2) is 6.57. The maximum absolute atomic E-state index is 6.14. The van der Waals surface area contributed by atoms with E-state index in [9.17, 15) is 0 Å². The molecular weight excluding hydrogens is 284 g/mol. The van der Waals surface area contributed by atoms with Crippen LogP contribution in [0.1, 0.15) is 45.4 Å². The van der Waals surface area contributed by atoms with Gasteiger partial charge in [0, 0.05) is 20.1 Å². The summed E-state index contributed by atoms with van der Waals surface area (Å²) in [5, 5.41) is 0. The largest absolute Gasteiger partial charge is 0.377 e. The van der Waals surface area contributed by atoms with E-state index in [1.807, 2.05) is 6.92 Å². The van der Waals surface area contributed by atoms with Gasteiger partial charge in [0.25, 0.3) is 0 Å². The standard InChI is InChI=1S/C17H28O5/c1-4-11-19-12-9-14-7-5-6-13-8-10-16(2)20-15(18-3)17(13,14)22-21-16/h4,13-15H,1,5-12H2,2-3H3/t13-,14+,15+,16+,17-/m1/s1. The molecular formula is C17H28O5. The van der Waals surface area contributed by atoms with Crippen molar-refractivity contribution in [1.29, 1.82) is 0 Å². The van der Waals surface area contributed by atoms with Gasteiger partial charge < -0.3 is 14.2 Å². The average Bonchev–Trinajstić information content (AvgIpc) is 2.76. The first-order valence-corrected chi connectivity index (χ1v) is 8.41. The van der Waals surface area contributed by atoms with Crippen LogP contribution >= 0.6 is 0 Å². The Labute approximate surface area is 132 Å². The first-order valence-electron chi connectivity index (χ1n) is 8.41. The van der Waals surface area contributed by atoms with Gasteiger partial charge in [-0.1, -0.05) is 12.5 Å². The number of fused-ring (bicyclic) bond motifs is 3.